The van der Waals surface area contributed by atoms with Gasteiger partial charge in [-0.05, 0) is 6.42 Å². The fourth-order valence-electron chi connectivity index (χ4n) is 0.740. The van der Waals surface area contributed by atoms with E-state index in [0.29, 0.717) is 0 Å². The topological polar surface area (TPSA) is 65.0 Å². The molecule has 0 saturated carbocycles. The highest BCUT2D eigenvalue weighted by atomic mass is 16.7. The van der Waals surface area contributed by atoms with Crippen molar-refractivity contribution in [3.05, 3.63) is 12.3 Å². The first-order valence-electron chi connectivity index (χ1n) is 5.27. The SMILES string of the molecule is C=C(CO)OCOCCOC(=O)C(C)CC. The average molecular weight is 232 g/mol. The van der Waals surface area contributed by atoms with Crippen LogP contribution in [0.15, 0.2) is 12.3 Å². The van der Waals surface area contributed by atoms with Gasteiger partial charge in [-0.3, -0.25) is 4.79 Å². The molecular formula is C11H20O5. The summed E-state index contributed by atoms with van der Waals surface area (Å²) in [6, 6.07) is 0. The Morgan fingerprint density at radius 3 is 2.62 bits per heavy atom. The molecule has 0 spiro atoms. The summed E-state index contributed by atoms with van der Waals surface area (Å²) in [6.07, 6.45) is 0.763. The monoisotopic (exact) mass is 232 g/mol. The van der Waals surface area contributed by atoms with Crippen LogP contribution in [-0.4, -0.2) is 37.7 Å². The maximum Gasteiger partial charge on any atom is 0.308 e. The minimum Gasteiger partial charge on any atom is -0.470 e. The summed E-state index contributed by atoms with van der Waals surface area (Å²) < 4.78 is 14.8. The maximum absolute atomic E-state index is 11.2. The fraction of sp³-hybridized carbons (Fsp3) is 0.727. The molecule has 0 aliphatic carbocycles. The zero-order chi connectivity index (χ0) is 12.4. The molecule has 0 aromatic rings. The van der Waals surface area contributed by atoms with Crippen LogP contribution < -0.4 is 0 Å². The van der Waals surface area contributed by atoms with Gasteiger partial charge in [0.1, 0.15) is 12.4 Å². The molecular weight excluding hydrogens is 212 g/mol. The van der Waals surface area contributed by atoms with Crippen LogP contribution in [-0.2, 0) is 19.0 Å². The van der Waals surface area contributed by atoms with Crippen molar-refractivity contribution in [2.45, 2.75) is 20.3 Å². The number of ether oxygens (including phenoxy) is 3. The molecule has 0 aliphatic heterocycles. The van der Waals surface area contributed by atoms with Gasteiger partial charge in [0.25, 0.3) is 0 Å². The molecule has 0 aliphatic rings. The summed E-state index contributed by atoms with van der Waals surface area (Å²) in [7, 11) is 0. The number of rotatable bonds is 9. The standard InChI is InChI=1S/C11H20O5/c1-4-9(2)11(13)15-6-5-14-8-16-10(3)7-12/h9,12H,3-8H2,1-2H3. The Morgan fingerprint density at radius 1 is 1.38 bits per heavy atom. The zero-order valence-electron chi connectivity index (χ0n) is 9.90. The van der Waals surface area contributed by atoms with Crippen molar-refractivity contribution in [3.63, 3.8) is 0 Å². The molecule has 1 N–H and O–H groups in total. The van der Waals surface area contributed by atoms with E-state index in [9.17, 15) is 4.79 Å². The second-order valence-electron chi connectivity index (χ2n) is 3.34. The molecule has 0 aromatic heterocycles. The van der Waals surface area contributed by atoms with E-state index in [1.807, 2.05) is 13.8 Å². The van der Waals surface area contributed by atoms with Gasteiger partial charge in [0.05, 0.1) is 19.1 Å². The van der Waals surface area contributed by atoms with Crippen LogP contribution in [0.2, 0.25) is 0 Å². The van der Waals surface area contributed by atoms with Gasteiger partial charge in [0, 0.05) is 0 Å². The molecule has 0 saturated heterocycles. The normalized spacial score (nSPS) is 11.9. The highest BCUT2D eigenvalue weighted by Gasteiger charge is 2.10. The molecule has 0 radical (unpaired) electrons. The van der Waals surface area contributed by atoms with Crippen molar-refractivity contribution >= 4 is 5.97 Å². The molecule has 0 aromatic carbocycles. The lowest BCUT2D eigenvalue weighted by Gasteiger charge is -2.10. The third-order valence-corrected chi connectivity index (χ3v) is 2.01. The van der Waals surface area contributed by atoms with Crippen LogP contribution in [0.25, 0.3) is 0 Å². The zero-order valence-corrected chi connectivity index (χ0v) is 9.90. The molecule has 5 nitrogen and oxygen atoms in total. The Balaban J connectivity index is 3.33. The molecule has 1 unspecified atom stereocenters. The lowest BCUT2D eigenvalue weighted by atomic mass is 10.1. The summed E-state index contributed by atoms with van der Waals surface area (Å²) in [6.45, 7) is 7.40. The first-order chi connectivity index (χ1) is 7.61. The highest BCUT2D eigenvalue weighted by Crippen LogP contribution is 2.02. The summed E-state index contributed by atoms with van der Waals surface area (Å²) in [4.78, 5) is 11.2. The number of carbonyl (C=O) groups is 1. The van der Waals surface area contributed by atoms with E-state index in [4.69, 9.17) is 19.3 Å². The van der Waals surface area contributed by atoms with E-state index < -0.39 is 0 Å². The largest absolute Gasteiger partial charge is 0.470 e. The molecule has 0 heterocycles. The van der Waals surface area contributed by atoms with Gasteiger partial charge in [-0.15, -0.1) is 0 Å². The average Bonchev–Trinajstić information content (AvgIpc) is 2.31. The summed E-state index contributed by atoms with van der Waals surface area (Å²) in [5, 5.41) is 8.55. The van der Waals surface area contributed by atoms with Crippen LogP contribution in [0.4, 0.5) is 0 Å². The minimum atomic E-state index is -0.230. The van der Waals surface area contributed by atoms with Crippen molar-refractivity contribution in [3.8, 4) is 0 Å². The Kier molecular flexibility index (Phi) is 8.56. The third kappa shape index (κ3) is 7.25. The summed E-state index contributed by atoms with van der Waals surface area (Å²) in [5.74, 6) is -0.0474. The lowest BCUT2D eigenvalue weighted by Crippen LogP contribution is -2.17. The highest BCUT2D eigenvalue weighted by molar-refractivity contribution is 5.71. The summed E-state index contributed by atoms with van der Waals surface area (Å²) >= 11 is 0. The van der Waals surface area contributed by atoms with Crippen LogP contribution in [0.5, 0.6) is 0 Å². The van der Waals surface area contributed by atoms with Crippen molar-refractivity contribution in [2.24, 2.45) is 5.92 Å². The quantitative estimate of drug-likeness (QED) is 0.279. The number of carbonyl (C=O) groups excluding carboxylic acids is 1. The Hall–Kier alpha value is -1.07. The summed E-state index contributed by atoms with van der Waals surface area (Å²) in [5.41, 5.74) is 0. The minimum absolute atomic E-state index is 0.000273. The molecule has 94 valence electrons. The van der Waals surface area contributed by atoms with Gasteiger partial charge in [-0.2, -0.15) is 0 Å². The van der Waals surface area contributed by atoms with Gasteiger partial charge in [-0.25, -0.2) is 0 Å². The van der Waals surface area contributed by atoms with Crippen LogP contribution >= 0.6 is 0 Å². The van der Waals surface area contributed by atoms with E-state index in [1.54, 1.807) is 0 Å². The Bertz CT molecular complexity index is 214. The number of hydrogen-bond donors (Lipinski definition) is 1. The van der Waals surface area contributed by atoms with Gasteiger partial charge in [0.15, 0.2) is 6.79 Å². The van der Waals surface area contributed by atoms with Gasteiger partial charge >= 0.3 is 5.97 Å². The fourth-order valence-corrected chi connectivity index (χ4v) is 0.740. The number of aliphatic hydroxyl groups excluding tert-OH is 1. The van der Waals surface area contributed by atoms with Crippen LogP contribution in [0.1, 0.15) is 20.3 Å². The van der Waals surface area contributed by atoms with E-state index >= 15 is 0 Å². The smallest absolute Gasteiger partial charge is 0.308 e. The van der Waals surface area contributed by atoms with Gasteiger partial charge < -0.3 is 19.3 Å². The Morgan fingerprint density at radius 2 is 2.06 bits per heavy atom. The molecule has 0 rings (SSSR count). The first-order valence-corrected chi connectivity index (χ1v) is 5.27. The molecule has 5 heteroatoms. The van der Waals surface area contributed by atoms with E-state index in [2.05, 4.69) is 6.58 Å². The van der Waals surface area contributed by atoms with Crippen molar-refractivity contribution in [1.82, 2.24) is 0 Å². The number of hydrogen-bond acceptors (Lipinski definition) is 5. The van der Waals surface area contributed by atoms with Crippen molar-refractivity contribution < 1.29 is 24.1 Å². The predicted molar refractivity (Wildman–Crippen MR) is 58.5 cm³/mol. The third-order valence-electron chi connectivity index (χ3n) is 2.01. The Labute approximate surface area is 96.0 Å². The van der Waals surface area contributed by atoms with Gasteiger partial charge in [0.2, 0.25) is 0 Å². The van der Waals surface area contributed by atoms with E-state index in [0.717, 1.165) is 6.42 Å². The predicted octanol–water partition coefficient (Wildman–Crippen LogP) is 1.07. The number of aliphatic hydroxyl groups is 1. The van der Waals surface area contributed by atoms with Crippen LogP contribution in [0.3, 0.4) is 0 Å². The molecule has 16 heavy (non-hydrogen) atoms. The molecule has 0 bridgehead atoms. The molecule has 1 atom stereocenters. The second kappa shape index (κ2) is 9.18. The van der Waals surface area contributed by atoms with Crippen molar-refractivity contribution in [1.29, 1.82) is 0 Å². The maximum atomic E-state index is 11.2. The van der Waals surface area contributed by atoms with Gasteiger partial charge in [-0.1, -0.05) is 20.4 Å². The molecule has 0 amide bonds. The molecule has 0 fully saturated rings. The van der Waals surface area contributed by atoms with E-state index in [1.165, 1.54) is 0 Å². The first kappa shape index (κ1) is 14.9. The van der Waals surface area contributed by atoms with Crippen LogP contribution in [0, 0.1) is 5.92 Å². The van der Waals surface area contributed by atoms with E-state index in [-0.39, 0.29) is 44.3 Å². The van der Waals surface area contributed by atoms with Crippen molar-refractivity contribution in [2.75, 3.05) is 26.6 Å². The number of esters is 1. The second-order valence-corrected chi connectivity index (χ2v) is 3.34. The lowest BCUT2D eigenvalue weighted by molar-refractivity contribution is -0.150.